The van der Waals surface area contributed by atoms with Crippen molar-refractivity contribution >= 4 is 17.8 Å². The standard InChI is InChI=1S/C31H29F3N2O4/c1-18-13-21(14-19(2)27(18)30(39)40)29(38)35-11-9-31(10-12-35)17-36(16-20-5-3-4-6-23(20)31)26(37)15-22-24(32)7-8-25(33)28(22)34/h3-8,13-14H,9-12,15-17H2,1-2H3,(H,39,40). The second kappa shape index (κ2) is 10.4. The van der Waals surface area contributed by atoms with Gasteiger partial charge in [0.25, 0.3) is 5.91 Å². The van der Waals surface area contributed by atoms with Crippen LogP contribution in [0.1, 0.15) is 61.4 Å². The van der Waals surface area contributed by atoms with Gasteiger partial charge in [0.15, 0.2) is 11.6 Å². The second-order valence-corrected chi connectivity index (χ2v) is 10.8. The summed E-state index contributed by atoms with van der Waals surface area (Å²) in [5, 5.41) is 9.45. The van der Waals surface area contributed by atoms with Gasteiger partial charge in [-0.1, -0.05) is 24.3 Å². The highest BCUT2D eigenvalue weighted by atomic mass is 19.2. The number of carbonyl (C=O) groups excluding carboxylic acids is 2. The van der Waals surface area contributed by atoms with Crippen LogP contribution in [0.3, 0.4) is 0 Å². The Bertz CT molecular complexity index is 1510. The number of rotatable bonds is 4. The molecule has 2 aliphatic heterocycles. The zero-order valence-electron chi connectivity index (χ0n) is 22.3. The second-order valence-electron chi connectivity index (χ2n) is 10.8. The van der Waals surface area contributed by atoms with Crippen LogP contribution < -0.4 is 0 Å². The number of nitrogens with zero attached hydrogens (tertiary/aromatic N) is 2. The summed E-state index contributed by atoms with van der Waals surface area (Å²) in [6.07, 6.45) is 0.532. The van der Waals surface area contributed by atoms with Gasteiger partial charge in [0.05, 0.1) is 12.0 Å². The highest BCUT2D eigenvalue weighted by Crippen LogP contribution is 2.42. The fourth-order valence-corrected chi connectivity index (χ4v) is 6.23. The average molecular weight is 551 g/mol. The molecule has 3 aromatic carbocycles. The Kier molecular flexibility index (Phi) is 7.16. The van der Waals surface area contributed by atoms with Crippen LogP contribution in [0, 0.1) is 31.3 Å². The smallest absolute Gasteiger partial charge is 0.336 e. The van der Waals surface area contributed by atoms with E-state index >= 15 is 0 Å². The van der Waals surface area contributed by atoms with E-state index < -0.39 is 46.7 Å². The number of hydrogen-bond acceptors (Lipinski definition) is 3. The number of aromatic carboxylic acids is 1. The maximum absolute atomic E-state index is 14.3. The predicted molar refractivity (Wildman–Crippen MR) is 142 cm³/mol. The van der Waals surface area contributed by atoms with E-state index in [1.54, 1.807) is 35.8 Å². The van der Waals surface area contributed by atoms with Crippen molar-refractivity contribution in [2.75, 3.05) is 19.6 Å². The molecule has 208 valence electrons. The van der Waals surface area contributed by atoms with Crippen LogP contribution in [0.4, 0.5) is 13.2 Å². The Morgan fingerprint density at radius 3 is 2.17 bits per heavy atom. The molecule has 0 bridgehead atoms. The number of halogens is 3. The minimum Gasteiger partial charge on any atom is -0.478 e. The fraction of sp³-hybridized carbons (Fsp3) is 0.323. The van der Waals surface area contributed by atoms with Gasteiger partial charge in [-0.25, -0.2) is 18.0 Å². The molecule has 0 saturated carbocycles. The van der Waals surface area contributed by atoms with E-state index in [1.807, 2.05) is 24.3 Å². The molecule has 2 heterocycles. The van der Waals surface area contributed by atoms with Crippen LogP contribution in [0.25, 0.3) is 0 Å². The van der Waals surface area contributed by atoms with Crippen molar-refractivity contribution in [1.82, 2.24) is 9.80 Å². The van der Waals surface area contributed by atoms with Crippen LogP contribution >= 0.6 is 0 Å². The van der Waals surface area contributed by atoms with Crippen LogP contribution in [0.15, 0.2) is 48.5 Å². The lowest BCUT2D eigenvalue weighted by Gasteiger charge is -2.48. The topological polar surface area (TPSA) is 77.9 Å². The fourth-order valence-electron chi connectivity index (χ4n) is 6.23. The molecule has 1 N–H and O–H groups in total. The number of hydrogen-bond donors (Lipinski definition) is 1. The Morgan fingerprint density at radius 2 is 1.52 bits per heavy atom. The Morgan fingerprint density at radius 1 is 0.900 bits per heavy atom. The third kappa shape index (κ3) is 4.85. The number of aryl methyl sites for hydroxylation is 2. The van der Waals surface area contributed by atoms with Crippen LogP contribution in [0.2, 0.25) is 0 Å². The summed E-state index contributed by atoms with van der Waals surface area (Å²) < 4.78 is 42.3. The van der Waals surface area contributed by atoms with E-state index in [9.17, 15) is 32.7 Å². The molecule has 0 unspecified atom stereocenters. The number of fused-ring (bicyclic) bond motifs is 2. The Hall–Kier alpha value is -4.14. The van der Waals surface area contributed by atoms with Crippen molar-refractivity contribution in [2.45, 2.75) is 45.1 Å². The molecule has 0 aliphatic carbocycles. The van der Waals surface area contributed by atoms with Crippen molar-refractivity contribution < 1.29 is 32.7 Å². The van der Waals surface area contributed by atoms with Crippen LogP contribution in [-0.2, 0) is 23.2 Å². The highest BCUT2D eigenvalue weighted by Gasteiger charge is 2.44. The number of piperidine rings is 1. The first-order valence-electron chi connectivity index (χ1n) is 13.1. The van der Waals surface area contributed by atoms with Gasteiger partial charge < -0.3 is 14.9 Å². The molecule has 9 heteroatoms. The van der Waals surface area contributed by atoms with Crippen molar-refractivity contribution in [3.8, 4) is 0 Å². The van der Waals surface area contributed by atoms with Crippen LogP contribution in [0.5, 0.6) is 0 Å². The molecule has 2 amide bonds. The molecule has 0 atom stereocenters. The number of likely N-dealkylation sites (tertiary alicyclic amines) is 1. The maximum Gasteiger partial charge on any atom is 0.336 e. The summed E-state index contributed by atoms with van der Waals surface area (Å²) in [6, 6.07) is 12.5. The van der Waals surface area contributed by atoms with Crippen molar-refractivity contribution in [3.05, 3.63) is 105 Å². The molecule has 40 heavy (non-hydrogen) atoms. The van der Waals surface area contributed by atoms with Crippen LogP contribution in [-0.4, -0.2) is 52.3 Å². The largest absolute Gasteiger partial charge is 0.478 e. The molecule has 0 radical (unpaired) electrons. The first-order chi connectivity index (χ1) is 19.0. The Labute approximate surface area is 230 Å². The SMILES string of the molecule is Cc1cc(C(=O)N2CCC3(CC2)CN(C(=O)Cc2c(F)ccc(F)c2F)Cc2ccccc23)cc(C)c1C(=O)O. The van der Waals surface area contributed by atoms with Gasteiger partial charge >= 0.3 is 5.97 Å². The lowest BCUT2D eigenvalue weighted by molar-refractivity contribution is -0.133. The van der Waals surface area contributed by atoms with E-state index in [-0.39, 0.29) is 18.0 Å². The zero-order chi connectivity index (χ0) is 28.8. The number of carboxylic acids is 1. The molecule has 6 nitrogen and oxygen atoms in total. The molecule has 2 aliphatic rings. The van der Waals surface area contributed by atoms with E-state index in [0.717, 1.165) is 17.2 Å². The highest BCUT2D eigenvalue weighted by molar-refractivity contribution is 5.98. The lowest BCUT2D eigenvalue weighted by atomic mass is 9.68. The summed E-state index contributed by atoms with van der Waals surface area (Å²) in [7, 11) is 0. The van der Waals surface area contributed by atoms with Gasteiger partial charge in [-0.2, -0.15) is 0 Å². The molecule has 5 rings (SSSR count). The number of carboxylic acid groups (broad SMARTS) is 1. The van der Waals surface area contributed by atoms with Crippen molar-refractivity contribution in [3.63, 3.8) is 0 Å². The molecule has 1 fully saturated rings. The number of amides is 2. The van der Waals surface area contributed by atoms with Gasteiger partial charge in [0.1, 0.15) is 5.82 Å². The quantitative estimate of drug-likeness (QED) is 0.455. The van der Waals surface area contributed by atoms with E-state index in [1.165, 1.54) is 0 Å². The van der Waals surface area contributed by atoms with Crippen molar-refractivity contribution in [2.24, 2.45) is 0 Å². The third-order valence-corrected chi connectivity index (χ3v) is 8.26. The van der Waals surface area contributed by atoms with Crippen molar-refractivity contribution in [1.29, 1.82) is 0 Å². The lowest BCUT2D eigenvalue weighted by Crippen LogP contribution is -2.54. The van der Waals surface area contributed by atoms with Gasteiger partial charge in [-0.3, -0.25) is 9.59 Å². The summed E-state index contributed by atoms with van der Waals surface area (Å²) in [4.78, 5) is 41.5. The predicted octanol–water partition coefficient (Wildman–Crippen LogP) is 5.18. The van der Waals surface area contributed by atoms with Gasteiger partial charge in [-0.15, -0.1) is 0 Å². The summed E-state index contributed by atoms with van der Waals surface area (Å²) in [5.74, 6) is -5.24. The third-order valence-electron chi connectivity index (χ3n) is 8.26. The summed E-state index contributed by atoms with van der Waals surface area (Å²) in [5.41, 5.74) is 2.63. The van der Waals surface area contributed by atoms with Gasteiger partial charge in [0, 0.05) is 42.7 Å². The molecule has 0 aromatic heterocycles. The van der Waals surface area contributed by atoms with Gasteiger partial charge in [-0.05, 0) is 73.2 Å². The number of carbonyl (C=O) groups is 3. The van der Waals surface area contributed by atoms with E-state index in [2.05, 4.69) is 0 Å². The summed E-state index contributed by atoms with van der Waals surface area (Å²) in [6.45, 7) is 4.76. The molecule has 3 aromatic rings. The van der Waals surface area contributed by atoms with E-state index in [4.69, 9.17) is 0 Å². The average Bonchev–Trinajstić information content (AvgIpc) is 2.92. The zero-order valence-corrected chi connectivity index (χ0v) is 22.3. The molecular formula is C31H29F3N2O4. The number of benzene rings is 3. The summed E-state index contributed by atoms with van der Waals surface area (Å²) >= 11 is 0. The molecule has 1 spiro atoms. The maximum atomic E-state index is 14.3. The monoisotopic (exact) mass is 550 g/mol. The first kappa shape index (κ1) is 27.4. The minimum atomic E-state index is -1.35. The van der Waals surface area contributed by atoms with Gasteiger partial charge in [0.2, 0.25) is 5.91 Å². The normalized spacial score (nSPS) is 16.1. The minimum absolute atomic E-state index is 0.188. The van der Waals surface area contributed by atoms with E-state index in [0.29, 0.717) is 55.2 Å². The molecular weight excluding hydrogens is 521 g/mol. The Balaban J connectivity index is 1.37. The first-order valence-corrected chi connectivity index (χ1v) is 13.1. The molecule has 1 saturated heterocycles.